The van der Waals surface area contributed by atoms with Crippen LogP contribution in [0, 0.1) is 5.92 Å². The normalized spacial score (nSPS) is 12.5. The lowest BCUT2D eigenvalue weighted by Gasteiger charge is -2.13. The van der Waals surface area contributed by atoms with Crippen LogP contribution in [0.15, 0.2) is 12.1 Å². The SMILES string of the molecule is CC(C)CCCNC(=O)NC(C)c1ccc(Cl)s1. The third-order valence-corrected chi connectivity index (χ3v) is 4.03. The minimum Gasteiger partial charge on any atom is -0.338 e. The number of thiophene rings is 1. The van der Waals surface area contributed by atoms with Crippen molar-refractivity contribution in [3.8, 4) is 0 Å². The molecule has 3 nitrogen and oxygen atoms in total. The van der Waals surface area contributed by atoms with Gasteiger partial charge >= 0.3 is 6.03 Å². The predicted octanol–water partition coefficient (Wildman–Crippen LogP) is 4.20. The van der Waals surface area contributed by atoms with E-state index >= 15 is 0 Å². The van der Waals surface area contributed by atoms with Gasteiger partial charge in [-0.3, -0.25) is 0 Å². The van der Waals surface area contributed by atoms with E-state index in [2.05, 4.69) is 24.5 Å². The van der Waals surface area contributed by atoms with E-state index in [1.165, 1.54) is 11.3 Å². The molecular formula is C13H21ClN2OS. The number of nitrogens with one attached hydrogen (secondary N) is 2. The number of hydrogen-bond donors (Lipinski definition) is 2. The molecule has 2 N–H and O–H groups in total. The summed E-state index contributed by atoms with van der Waals surface area (Å²) in [4.78, 5) is 12.7. The van der Waals surface area contributed by atoms with Crippen molar-refractivity contribution in [1.82, 2.24) is 10.6 Å². The summed E-state index contributed by atoms with van der Waals surface area (Å²) in [5.74, 6) is 0.682. The van der Waals surface area contributed by atoms with Crippen molar-refractivity contribution in [2.45, 2.75) is 39.7 Å². The molecule has 0 aromatic carbocycles. The summed E-state index contributed by atoms with van der Waals surface area (Å²) < 4.78 is 0.746. The molecule has 0 radical (unpaired) electrons. The van der Waals surface area contributed by atoms with Crippen molar-refractivity contribution < 1.29 is 4.79 Å². The Morgan fingerprint density at radius 1 is 1.39 bits per heavy atom. The van der Waals surface area contributed by atoms with E-state index in [0.717, 1.165) is 28.6 Å². The molecule has 1 aromatic rings. The fourth-order valence-electron chi connectivity index (χ4n) is 1.59. The molecule has 1 atom stereocenters. The highest BCUT2D eigenvalue weighted by atomic mass is 35.5. The topological polar surface area (TPSA) is 41.1 Å². The molecule has 0 spiro atoms. The minimum absolute atomic E-state index is 0.00685. The molecule has 1 rings (SSSR count). The fraction of sp³-hybridized carbons (Fsp3) is 0.615. The molecule has 0 saturated carbocycles. The zero-order chi connectivity index (χ0) is 13.5. The molecule has 102 valence electrons. The van der Waals surface area contributed by atoms with Gasteiger partial charge in [0.15, 0.2) is 0 Å². The lowest BCUT2D eigenvalue weighted by atomic mass is 10.1. The van der Waals surface area contributed by atoms with E-state index < -0.39 is 0 Å². The van der Waals surface area contributed by atoms with Gasteiger partial charge in [0.05, 0.1) is 10.4 Å². The van der Waals surface area contributed by atoms with Crippen molar-refractivity contribution in [3.05, 3.63) is 21.3 Å². The van der Waals surface area contributed by atoms with Crippen LogP contribution in [0.2, 0.25) is 4.34 Å². The Balaban J connectivity index is 2.23. The molecule has 5 heteroatoms. The van der Waals surface area contributed by atoms with Gasteiger partial charge in [0.1, 0.15) is 0 Å². The molecule has 2 amide bonds. The highest BCUT2D eigenvalue weighted by molar-refractivity contribution is 7.16. The van der Waals surface area contributed by atoms with E-state index in [1.54, 1.807) is 0 Å². The second-order valence-electron chi connectivity index (χ2n) is 4.80. The first-order valence-corrected chi connectivity index (χ1v) is 7.48. The molecule has 0 aliphatic heterocycles. The largest absolute Gasteiger partial charge is 0.338 e. The molecule has 1 aromatic heterocycles. The van der Waals surface area contributed by atoms with Crippen LogP contribution in [0.1, 0.15) is 44.5 Å². The van der Waals surface area contributed by atoms with Crippen LogP contribution in [-0.4, -0.2) is 12.6 Å². The van der Waals surface area contributed by atoms with Gasteiger partial charge in [-0.15, -0.1) is 11.3 Å². The first kappa shape index (κ1) is 15.3. The number of amides is 2. The summed E-state index contributed by atoms with van der Waals surface area (Å²) in [7, 11) is 0. The Labute approximate surface area is 118 Å². The molecule has 1 unspecified atom stereocenters. The number of carbonyl (C=O) groups is 1. The number of urea groups is 1. The Kier molecular flexibility index (Phi) is 6.50. The van der Waals surface area contributed by atoms with Gasteiger partial charge in [-0.2, -0.15) is 0 Å². The number of carbonyl (C=O) groups excluding carboxylic acids is 1. The summed E-state index contributed by atoms with van der Waals surface area (Å²) >= 11 is 7.36. The number of halogens is 1. The van der Waals surface area contributed by atoms with Crippen molar-refractivity contribution >= 4 is 29.0 Å². The van der Waals surface area contributed by atoms with Gasteiger partial charge in [0, 0.05) is 11.4 Å². The first-order chi connectivity index (χ1) is 8.49. The average Bonchev–Trinajstić information content (AvgIpc) is 2.71. The first-order valence-electron chi connectivity index (χ1n) is 6.28. The highest BCUT2D eigenvalue weighted by Crippen LogP contribution is 2.26. The summed E-state index contributed by atoms with van der Waals surface area (Å²) in [6.07, 6.45) is 2.15. The zero-order valence-corrected chi connectivity index (χ0v) is 12.7. The number of hydrogen-bond acceptors (Lipinski definition) is 2. The zero-order valence-electron chi connectivity index (χ0n) is 11.1. The van der Waals surface area contributed by atoms with Crippen LogP contribution in [0.5, 0.6) is 0 Å². The van der Waals surface area contributed by atoms with Crippen molar-refractivity contribution in [3.63, 3.8) is 0 Å². The van der Waals surface area contributed by atoms with E-state index in [1.807, 2.05) is 19.1 Å². The molecular weight excluding hydrogens is 268 g/mol. The summed E-state index contributed by atoms with van der Waals surface area (Å²) in [5.41, 5.74) is 0. The van der Waals surface area contributed by atoms with E-state index in [4.69, 9.17) is 11.6 Å². The molecule has 0 saturated heterocycles. The standard InChI is InChI=1S/C13H21ClN2OS/c1-9(2)5-4-8-15-13(17)16-10(3)11-6-7-12(14)18-11/h6-7,9-10H,4-5,8H2,1-3H3,(H2,15,16,17). The third-order valence-electron chi connectivity index (χ3n) is 2.61. The van der Waals surface area contributed by atoms with Gasteiger partial charge in [0.2, 0.25) is 0 Å². The average molecular weight is 289 g/mol. The Hall–Kier alpha value is -0.740. The third kappa shape index (κ3) is 5.74. The van der Waals surface area contributed by atoms with Crippen LogP contribution < -0.4 is 10.6 Å². The van der Waals surface area contributed by atoms with Crippen molar-refractivity contribution in [1.29, 1.82) is 0 Å². The Morgan fingerprint density at radius 3 is 2.67 bits per heavy atom. The molecule has 0 bridgehead atoms. The maximum Gasteiger partial charge on any atom is 0.315 e. The second kappa shape index (κ2) is 7.64. The molecule has 1 heterocycles. The van der Waals surface area contributed by atoms with Crippen LogP contribution in [-0.2, 0) is 0 Å². The monoisotopic (exact) mass is 288 g/mol. The maximum atomic E-state index is 11.6. The maximum absolute atomic E-state index is 11.6. The van der Waals surface area contributed by atoms with E-state index in [-0.39, 0.29) is 12.1 Å². The van der Waals surface area contributed by atoms with E-state index in [0.29, 0.717) is 5.92 Å². The quantitative estimate of drug-likeness (QED) is 0.757. The Morgan fingerprint density at radius 2 is 2.11 bits per heavy atom. The van der Waals surface area contributed by atoms with Crippen LogP contribution in [0.25, 0.3) is 0 Å². The smallest absolute Gasteiger partial charge is 0.315 e. The number of rotatable bonds is 6. The predicted molar refractivity (Wildman–Crippen MR) is 78.4 cm³/mol. The summed E-state index contributed by atoms with van der Waals surface area (Å²) in [6, 6.07) is 3.67. The lowest BCUT2D eigenvalue weighted by molar-refractivity contribution is 0.237. The van der Waals surface area contributed by atoms with Gasteiger partial charge in [-0.25, -0.2) is 4.79 Å². The molecule has 0 aliphatic rings. The van der Waals surface area contributed by atoms with Crippen LogP contribution in [0.3, 0.4) is 0 Å². The second-order valence-corrected chi connectivity index (χ2v) is 6.55. The highest BCUT2D eigenvalue weighted by Gasteiger charge is 2.10. The van der Waals surface area contributed by atoms with Crippen molar-refractivity contribution in [2.24, 2.45) is 5.92 Å². The summed E-state index contributed by atoms with van der Waals surface area (Å²) in [6.45, 7) is 7.04. The fourth-order valence-corrected chi connectivity index (χ4v) is 2.66. The van der Waals surface area contributed by atoms with Gasteiger partial charge < -0.3 is 10.6 Å². The van der Waals surface area contributed by atoms with Crippen LogP contribution >= 0.6 is 22.9 Å². The van der Waals surface area contributed by atoms with Gasteiger partial charge in [0.25, 0.3) is 0 Å². The molecule has 18 heavy (non-hydrogen) atoms. The molecule has 0 aliphatic carbocycles. The Bertz CT molecular complexity index is 379. The van der Waals surface area contributed by atoms with Crippen LogP contribution in [0.4, 0.5) is 4.79 Å². The van der Waals surface area contributed by atoms with E-state index in [9.17, 15) is 4.79 Å². The molecule has 0 fully saturated rings. The van der Waals surface area contributed by atoms with Gasteiger partial charge in [-0.05, 0) is 37.8 Å². The lowest BCUT2D eigenvalue weighted by Crippen LogP contribution is -2.37. The van der Waals surface area contributed by atoms with Gasteiger partial charge in [-0.1, -0.05) is 25.4 Å². The minimum atomic E-state index is -0.115. The van der Waals surface area contributed by atoms with Crippen molar-refractivity contribution in [2.75, 3.05) is 6.54 Å². The summed E-state index contributed by atoms with van der Waals surface area (Å²) in [5, 5.41) is 5.77.